The van der Waals surface area contributed by atoms with Crippen molar-refractivity contribution in [2.75, 3.05) is 0 Å². The zero-order valence-corrected chi connectivity index (χ0v) is 14.6. The van der Waals surface area contributed by atoms with Gasteiger partial charge in [-0.25, -0.2) is 0 Å². The first-order chi connectivity index (χ1) is 10.4. The Kier molecular flexibility index (Phi) is 3.92. The van der Waals surface area contributed by atoms with Gasteiger partial charge in [0.2, 0.25) is 0 Å². The van der Waals surface area contributed by atoms with E-state index in [1.54, 1.807) is 5.70 Å². The van der Waals surface area contributed by atoms with E-state index in [1.165, 1.54) is 24.0 Å². The molecule has 1 fully saturated rings. The maximum absolute atomic E-state index is 2.73. The van der Waals surface area contributed by atoms with Crippen molar-refractivity contribution in [3.8, 4) is 0 Å². The average molecular weight is 295 g/mol. The summed E-state index contributed by atoms with van der Waals surface area (Å²) >= 11 is 0. The summed E-state index contributed by atoms with van der Waals surface area (Å²) in [6.45, 7) is 11.9. The molecule has 1 aromatic carbocycles. The highest BCUT2D eigenvalue weighted by Crippen LogP contribution is 2.48. The van der Waals surface area contributed by atoms with Gasteiger partial charge in [-0.3, -0.25) is 0 Å². The Morgan fingerprint density at radius 3 is 2.41 bits per heavy atom. The summed E-state index contributed by atoms with van der Waals surface area (Å²) in [6.07, 6.45) is 7.03. The van der Waals surface area contributed by atoms with Crippen molar-refractivity contribution in [1.29, 1.82) is 0 Å². The van der Waals surface area contributed by atoms with Gasteiger partial charge in [0.15, 0.2) is 0 Å². The lowest BCUT2D eigenvalue weighted by molar-refractivity contribution is 0.163. The molecule has 0 N–H and O–H groups in total. The maximum atomic E-state index is 2.73. The van der Waals surface area contributed by atoms with Gasteiger partial charge in [-0.2, -0.15) is 0 Å². The van der Waals surface area contributed by atoms with Gasteiger partial charge in [0.25, 0.3) is 0 Å². The summed E-state index contributed by atoms with van der Waals surface area (Å²) < 4.78 is 0. The van der Waals surface area contributed by atoms with Gasteiger partial charge >= 0.3 is 0 Å². The Bertz CT molecular complexity index is 594. The van der Waals surface area contributed by atoms with E-state index in [0.29, 0.717) is 17.9 Å². The molecule has 22 heavy (non-hydrogen) atoms. The van der Waals surface area contributed by atoms with Crippen LogP contribution in [0.1, 0.15) is 58.9 Å². The Labute approximate surface area is 135 Å². The smallest absolute Gasteiger partial charge is 0.0353 e. The van der Waals surface area contributed by atoms with Crippen LogP contribution in [0.2, 0.25) is 0 Å². The number of rotatable bonds is 2. The summed E-state index contributed by atoms with van der Waals surface area (Å²) in [5.74, 6) is 1.25. The van der Waals surface area contributed by atoms with E-state index in [0.717, 1.165) is 0 Å². The van der Waals surface area contributed by atoms with Crippen LogP contribution in [0.25, 0.3) is 0 Å². The molecule has 1 heteroatoms. The van der Waals surface area contributed by atoms with Crippen molar-refractivity contribution in [3.05, 3.63) is 59.3 Å². The van der Waals surface area contributed by atoms with Gasteiger partial charge in [0, 0.05) is 23.2 Å². The number of hydrogen-bond acceptors (Lipinski definition) is 1. The number of hydrogen-bond donors (Lipinski definition) is 0. The molecule has 0 bridgehead atoms. The highest BCUT2D eigenvalue weighted by Gasteiger charge is 2.46. The standard InChI is InChI=1S/C21H29N/c1-15-10-9-11-16(2)20(15)22-17(3)19(14-21(22,4)5)18-12-7-6-8-13-18/h6-10,12-13,16-17,19H,11,14H2,1-5H3/t16-,17-,19?/m0/s1. The van der Waals surface area contributed by atoms with E-state index in [4.69, 9.17) is 0 Å². The molecule has 1 nitrogen and oxygen atoms in total. The van der Waals surface area contributed by atoms with Crippen LogP contribution in [-0.4, -0.2) is 16.5 Å². The molecule has 1 unspecified atom stereocenters. The van der Waals surface area contributed by atoms with Crippen molar-refractivity contribution in [2.45, 2.75) is 65.0 Å². The molecular weight excluding hydrogens is 266 g/mol. The van der Waals surface area contributed by atoms with Gasteiger partial charge in [0.1, 0.15) is 0 Å². The second kappa shape index (κ2) is 5.61. The molecular formula is C21H29N. The van der Waals surface area contributed by atoms with E-state index in [1.807, 2.05) is 0 Å². The predicted octanol–water partition coefficient (Wildman–Crippen LogP) is 5.51. The molecule has 3 rings (SSSR count). The van der Waals surface area contributed by atoms with E-state index in [9.17, 15) is 0 Å². The molecule has 1 aromatic rings. The fourth-order valence-electron chi connectivity index (χ4n) is 4.64. The largest absolute Gasteiger partial charge is 0.366 e. The molecule has 118 valence electrons. The third-order valence-corrected chi connectivity index (χ3v) is 5.58. The van der Waals surface area contributed by atoms with Crippen LogP contribution in [0.15, 0.2) is 53.8 Å². The van der Waals surface area contributed by atoms with Crippen molar-refractivity contribution in [3.63, 3.8) is 0 Å². The Balaban J connectivity index is 2.00. The number of nitrogens with zero attached hydrogens (tertiary/aromatic N) is 1. The van der Waals surface area contributed by atoms with Crippen molar-refractivity contribution < 1.29 is 0 Å². The lowest BCUT2D eigenvalue weighted by atomic mass is 9.88. The monoisotopic (exact) mass is 295 g/mol. The minimum Gasteiger partial charge on any atom is -0.366 e. The lowest BCUT2D eigenvalue weighted by Crippen LogP contribution is -2.43. The van der Waals surface area contributed by atoms with Gasteiger partial charge < -0.3 is 4.90 Å². The molecule has 3 atom stereocenters. The van der Waals surface area contributed by atoms with Gasteiger partial charge in [-0.05, 0) is 57.6 Å². The second-order valence-corrected chi connectivity index (χ2v) is 7.75. The molecule has 1 saturated heterocycles. The van der Waals surface area contributed by atoms with Crippen LogP contribution in [0, 0.1) is 5.92 Å². The topological polar surface area (TPSA) is 3.24 Å². The van der Waals surface area contributed by atoms with E-state index in [-0.39, 0.29) is 5.54 Å². The minimum atomic E-state index is 0.218. The van der Waals surface area contributed by atoms with E-state index in [2.05, 4.69) is 82.0 Å². The zero-order chi connectivity index (χ0) is 15.9. The third kappa shape index (κ3) is 2.51. The van der Waals surface area contributed by atoms with Crippen LogP contribution in [0.4, 0.5) is 0 Å². The Morgan fingerprint density at radius 2 is 1.77 bits per heavy atom. The summed E-state index contributed by atoms with van der Waals surface area (Å²) in [5, 5.41) is 0. The summed E-state index contributed by atoms with van der Waals surface area (Å²) in [7, 11) is 0. The lowest BCUT2D eigenvalue weighted by Gasteiger charge is -2.43. The highest BCUT2D eigenvalue weighted by atomic mass is 15.3. The Morgan fingerprint density at radius 1 is 1.09 bits per heavy atom. The predicted molar refractivity (Wildman–Crippen MR) is 94.8 cm³/mol. The van der Waals surface area contributed by atoms with Crippen LogP contribution in [0.5, 0.6) is 0 Å². The first-order valence-corrected chi connectivity index (χ1v) is 8.63. The first kappa shape index (κ1) is 15.4. The van der Waals surface area contributed by atoms with Crippen molar-refractivity contribution in [2.24, 2.45) is 5.92 Å². The molecule has 2 aliphatic rings. The second-order valence-electron chi connectivity index (χ2n) is 7.75. The maximum Gasteiger partial charge on any atom is 0.0353 e. The number of allylic oxidation sites excluding steroid dienone is 4. The van der Waals surface area contributed by atoms with Crippen LogP contribution < -0.4 is 0 Å². The van der Waals surface area contributed by atoms with Gasteiger partial charge in [-0.1, -0.05) is 49.4 Å². The van der Waals surface area contributed by atoms with Crippen molar-refractivity contribution >= 4 is 0 Å². The molecule has 0 radical (unpaired) electrons. The summed E-state index contributed by atoms with van der Waals surface area (Å²) in [4.78, 5) is 2.73. The van der Waals surface area contributed by atoms with Crippen molar-refractivity contribution in [1.82, 2.24) is 4.90 Å². The molecule has 1 aliphatic carbocycles. The zero-order valence-electron chi connectivity index (χ0n) is 14.6. The normalized spacial score (nSPS) is 31.0. The molecule has 0 spiro atoms. The molecule has 1 heterocycles. The van der Waals surface area contributed by atoms with Crippen LogP contribution >= 0.6 is 0 Å². The fraction of sp³-hybridized carbons (Fsp3) is 0.524. The molecule has 1 aliphatic heterocycles. The van der Waals surface area contributed by atoms with E-state index >= 15 is 0 Å². The summed E-state index contributed by atoms with van der Waals surface area (Å²) in [5.41, 5.74) is 4.73. The summed E-state index contributed by atoms with van der Waals surface area (Å²) in [6, 6.07) is 11.6. The fourth-order valence-corrected chi connectivity index (χ4v) is 4.64. The quantitative estimate of drug-likeness (QED) is 0.695. The Hall–Kier alpha value is -1.50. The van der Waals surface area contributed by atoms with Crippen LogP contribution in [-0.2, 0) is 0 Å². The van der Waals surface area contributed by atoms with Crippen LogP contribution in [0.3, 0.4) is 0 Å². The first-order valence-electron chi connectivity index (χ1n) is 8.63. The van der Waals surface area contributed by atoms with E-state index < -0.39 is 0 Å². The van der Waals surface area contributed by atoms with Gasteiger partial charge in [0.05, 0.1) is 0 Å². The molecule has 0 saturated carbocycles. The highest BCUT2D eigenvalue weighted by molar-refractivity contribution is 5.34. The molecule has 0 amide bonds. The average Bonchev–Trinajstić information content (AvgIpc) is 2.71. The van der Waals surface area contributed by atoms with Gasteiger partial charge in [-0.15, -0.1) is 0 Å². The number of benzene rings is 1. The SMILES string of the molecule is CC1=C(N2[C@@H](C)C(c3ccccc3)CC2(C)C)[C@@H](C)CC=C1. The number of likely N-dealkylation sites (tertiary alicyclic amines) is 1. The third-order valence-electron chi connectivity index (χ3n) is 5.58. The minimum absolute atomic E-state index is 0.218. The molecule has 0 aromatic heterocycles.